The van der Waals surface area contributed by atoms with E-state index in [0.29, 0.717) is 5.56 Å². The van der Waals surface area contributed by atoms with Gasteiger partial charge in [0.25, 0.3) is 0 Å². The molecule has 0 saturated heterocycles. The Morgan fingerprint density at radius 2 is 1.52 bits per heavy atom. The number of nitrogens with two attached hydrogens (primary N) is 1. The highest BCUT2D eigenvalue weighted by atomic mass is 19.2. The van der Waals surface area contributed by atoms with Crippen molar-refractivity contribution >= 4 is 22.2 Å². The molecule has 0 amide bonds. The molecule has 2 nitrogen and oxygen atoms in total. The average molecular weight is 283 g/mol. The van der Waals surface area contributed by atoms with Crippen LogP contribution in [0.2, 0.25) is 0 Å². The lowest BCUT2D eigenvalue weighted by molar-refractivity contribution is 0.104. The standard InChI is InChI=1S/C17H11F2NO/c18-14-8-13(16(20)9-15(14)19)17(21)12-7-3-5-10-4-1-2-6-11(10)12/h1-9H,20H2. The number of rotatable bonds is 2. The van der Waals surface area contributed by atoms with E-state index in [2.05, 4.69) is 0 Å². The summed E-state index contributed by atoms with van der Waals surface area (Å²) < 4.78 is 26.5. The highest BCUT2D eigenvalue weighted by Crippen LogP contribution is 2.25. The SMILES string of the molecule is Nc1cc(F)c(F)cc1C(=O)c1cccc2ccccc12. The summed E-state index contributed by atoms with van der Waals surface area (Å²) >= 11 is 0. The number of carbonyl (C=O) groups excluding carboxylic acids is 1. The van der Waals surface area contributed by atoms with Gasteiger partial charge in [0.1, 0.15) is 0 Å². The minimum atomic E-state index is -1.09. The number of halogens is 2. The number of ketones is 1. The smallest absolute Gasteiger partial charge is 0.195 e. The first-order valence-corrected chi connectivity index (χ1v) is 6.35. The zero-order valence-corrected chi connectivity index (χ0v) is 10.9. The number of nitrogen functional groups attached to an aromatic ring is 1. The summed E-state index contributed by atoms with van der Waals surface area (Å²) in [7, 11) is 0. The minimum absolute atomic E-state index is 0.0368. The van der Waals surface area contributed by atoms with Gasteiger partial charge >= 0.3 is 0 Å². The lowest BCUT2D eigenvalue weighted by Gasteiger charge is -2.08. The normalized spacial score (nSPS) is 10.8. The molecule has 3 rings (SSSR count). The average Bonchev–Trinajstić information content (AvgIpc) is 2.49. The first-order valence-electron chi connectivity index (χ1n) is 6.35. The third-order valence-corrected chi connectivity index (χ3v) is 3.37. The molecule has 0 heterocycles. The number of hydrogen-bond donors (Lipinski definition) is 1. The summed E-state index contributed by atoms with van der Waals surface area (Å²) in [6.45, 7) is 0. The Balaban J connectivity index is 2.20. The molecular formula is C17H11F2NO. The van der Waals surface area contributed by atoms with Crippen molar-refractivity contribution in [3.05, 3.63) is 77.4 Å². The molecule has 0 bridgehead atoms. The number of fused-ring (bicyclic) bond motifs is 1. The topological polar surface area (TPSA) is 43.1 Å². The van der Waals surface area contributed by atoms with Crippen LogP contribution in [0.3, 0.4) is 0 Å². The van der Waals surface area contributed by atoms with Crippen LogP contribution in [-0.4, -0.2) is 5.78 Å². The van der Waals surface area contributed by atoms with E-state index in [-0.39, 0.29) is 11.3 Å². The van der Waals surface area contributed by atoms with Gasteiger partial charge in [-0.05, 0) is 16.8 Å². The fourth-order valence-corrected chi connectivity index (χ4v) is 2.33. The maximum atomic E-state index is 13.4. The van der Waals surface area contributed by atoms with Crippen molar-refractivity contribution in [1.82, 2.24) is 0 Å². The highest BCUT2D eigenvalue weighted by Gasteiger charge is 2.17. The summed E-state index contributed by atoms with van der Waals surface area (Å²) in [5.41, 5.74) is 5.94. The van der Waals surface area contributed by atoms with Crippen LogP contribution in [0.15, 0.2) is 54.6 Å². The molecule has 21 heavy (non-hydrogen) atoms. The van der Waals surface area contributed by atoms with Crippen LogP contribution in [-0.2, 0) is 0 Å². The van der Waals surface area contributed by atoms with Gasteiger partial charge < -0.3 is 5.73 Å². The number of benzene rings is 3. The predicted molar refractivity (Wildman–Crippen MR) is 78.2 cm³/mol. The Morgan fingerprint density at radius 3 is 2.33 bits per heavy atom. The van der Waals surface area contributed by atoms with Gasteiger partial charge in [-0.2, -0.15) is 0 Å². The van der Waals surface area contributed by atoms with Gasteiger partial charge in [-0.1, -0.05) is 42.5 Å². The van der Waals surface area contributed by atoms with Crippen LogP contribution in [0.1, 0.15) is 15.9 Å². The molecule has 0 radical (unpaired) electrons. The van der Waals surface area contributed by atoms with Crippen LogP contribution in [0.5, 0.6) is 0 Å². The first kappa shape index (κ1) is 13.2. The molecule has 0 fully saturated rings. The van der Waals surface area contributed by atoms with Crippen molar-refractivity contribution in [2.24, 2.45) is 0 Å². The third kappa shape index (κ3) is 2.25. The first-order chi connectivity index (χ1) is 10.1. The lowest BCUT2D eigenvalue weighted by atomic mass is 9.96. The Kier molecular flexibility index (Phi) is 3.14. The summed E-state index contributed by atoms with van der Waals surface area (Å²) in [6.07, 6.45) is 0. The van der Waals surface area contributed by atoms with Crippen molar-refractivity contribution in [2.45, 2.75) is 0 Å². The fourth-order valence-electron chi connectivity index (χ4n) is 2.33. The van der Waals surface area contributed by atoms with Gasteiger partial charge in [0.05, 0.1) is 0 Å². The second-order valence-electron chi connectivity index (χ2n) is 4.71. The van der Waals surface area contributed by atoms with Gasteiger partial charge in [0.15, 0.2) is 17.4 Å². The van der Waals surface area contributed by atoms with Crippen LogP contribution < -0.4 is 5.73 Å². The summed E-state index contributed by atoms with van der Waals surface area (Å²) in [4.78, 5) is 12.6. The molecule has 0 unspecified atom stereocenters. The Morgan fingerprint density at radius 1 is 0.857 bits per heavy atom. The molecule has 104 valence electrons. The lowest BCUT2D eigenvalue weighted by Crippen LogP contribution is -2.07. The van der Waals surface area contributed by atoms with Crippen LogP contribution in [0, 0.1) is 11.6 Å². The van der Waals surface area contributed by atoms with E-state index in [1.54, 1.807) is 18.2 Å². The Bertz CT molecular complexity index is 853. The second-order valence-corrected chi connectivity index (χ2v) is 4.71. The molecule has 0 spiro atoms. The maximum Gasteiger partial charge on any atom is 0.195 e. The molecule has 3 aromatic rings. The quantitative estimate of drug-likeness (QED) is 0.572. The van der Waals surface area contributed by atoms with E-state index in [0.717, 1.165) is 22.9 Å². The monoisotopic (exact) mass is 283 g/mol. The molecule has 0 aliphatic heterocycles. The number of hydrogen-bond acceptors (Lipinski definition) is 2. The molecule has 0 aliphatic carbocycles. The maximum absolute atomic E-state index is 13.4. The van der Waals surface area contributed by atoms with Crippen LogP contribution in [0.4, 0.5) is 14.5 Å². The minimum Gasteiger partial charge on any atom is -0.398 e. The van der Waals surface area contributed by atoms with Crippen molar-refractivity contribution < 1.29 is 13.6 Å². The van der Waals surface area contributed by atoms with Gasteiger partial charge in [-0.3, -0.25) is 4.79 Å². The predicted octanol–water partition coefficient (Wildman–Crippen LogP) is 3.93. The largest absolute Gasteiger partial charge is 0.398 e. The molecule has 2 N–H and O–H groups in total. The zero-order chi connectivity index (χ0) is 15.0. The number of carbonyl (C=O) groups is 1. The van der Waals surface area contributed by atoms with Crippen molar-refractivity contribution in [1.29, 1.82) is 0 Å². The van der Waals surface area contributed by atoms with Crippen molar-refractivity contribution in [2.75, 3.05) is 5.73 Å². The highest BCUT2D eigenvalue weighted by molar-refractivity contribution is 6.18. The Labute approximate surface area is 119 Å². The summed E-state index contributed by atoms with van der Waals surface area (Å²) in [5.74, 6) is -2.59. The van der Waals surface area contributed by atoms with E-state index in [4.69, 9.17) is 5.73 Å². The van der Waals surface area contributed by atoms with Crippen LogP contribution >= 0.6 is 0 Å². The van der Waals surface area contributed by atoms with Crippen molar-refractivity contribution in [3.63, 3.8) is 0 Å². The molecule has 0 aliphatic rings. The second kappa shape index (κ2) is 4.98. The van der Waals surface area contributed by atoms with Gasteiger partial charge in [-0.25, -0.2) is 8.78 Å². The Hall–Kier alpha value is -2.75. The molecular weight excluding hydrogens is 272 g/mol. The van der Waals surface area contributed by atoms with Crippen LogP contribution in [0.25, 0.3) is 10.8 Å². The molecule has 0 atom stereocenters. The van der Waals surface area contributed by atoms with E-state index in [9.17, 15) is 13.6 Å². The van der Waals surface area contributed by atoms with Gasteiger partial charge in [-0.15, -0.1) is 0 Å². The van der Waals surface area contributed by atoms with Gasteiger partial charge in [0, 0.05) is 22.9 Å². The molecule has 0 aromatic heterocycles. The van der Waals surface area contributed by atoms with Gasteiger partial charge in [0.2, 0.25) is 0 Å². The molecule has 0 saturated carbocycles. The summed E-state index contributed by atoms with van der Waals surface area (Å²) in [5, 5.41) is 1.64. The molecule has 4 heteroatoms. The fraction of sp³-hybridized carbons (Fsp3) is 0. The van der Waals surface area contributed by atoms with E-state index < -0.39 is 17.4 Å². The van der Waals surface area contributed by atoms with E-state index in [1.807, 2.05) is 24.3 Å². The van der Waals surface area contributed by atoms with Crippen molar-refractivity contribution in [3.8, 4) is 0 Å². The molecule has 3 aromatic carbocycles. The zero-order valence-electron chi connectivity index (χ0n) is 10.9. The van der Waals surface area contributed by atoms with E-state index >= 15 is 0 Å². The van der Waals surface area contributed by atoms with E-state index in [1.165, 1.54) is 0 Å². The number of anilines is 1. The third-order valence-electron chi connectivity index (χ3n) is 3.37. The summed E-state index contributed by atoms with van der Waals surface area (Å²) in [6, 6.07) is 14.3.